The van der Waals surface area contributed by atoms with E-state index in [2.05, 4.69) is 0 Å². The van der Waals surface area contributed by atoms with E-state index in [0.717, 1.165) is 0 Å². The molecule has 0 saturated heterocycles. The molecule has 0 N–H and O–H groups in total. The summed E-state index contributed by atoms with van der Waals surface area (Å²) in [7, 11) is 0. The molecule has 0 aromatic heterocycles. The lowest BCUT2D eigenvalue weighted by molar-refractivity contribution is -0.000832. The quantitative estimate of drug-likeness (QED) is 0.540. The van der Waals surface area contributed by atoms with Gasteiger partial charge in [0.05, 0.1) is 0 Å². The van der Waals surface area contributed by atoms with Crippen LogP contribution < -0.4 is 0 Å². The zero-order chi connectivity index (χ0) is 14.4. The highest BCUT2D eigenvalue weighted by molar-refractivity contribution is 6.67. The molecule has 0 amide bonds. The first-order valence-electron chi connectivity index (χ1n) is 4.83. The minimum Gasteiger partial charge on any atom is -0.225 e. The number of benzene rings is 1. The summed E-state index contributed by atoms with van der Waals surface area (Å²) >= 11 is 34.9. The highest BCUT2D eigenvalue weighted by Crippen LogP contribution is 2.46. The van der Waals surface area contributed by atoms with Crippen molar-refractivity contribution in [3.8, 4) is 0 Å². The van der Waals surface area contributed by atoms with Gasteiger partial charge in [-0.3, -0.25) is 0 Å². The van der Waals surface area contributed by atoms with Crippen LogP contribution in [0.5, 0.6) is 0 Å². The van der Waals surface area contributed by atoms with E-state index >= 15 is 0 Å². The van der Waals surface area contributed by atoms with Crippen LogP contribution in [0, 0.1) is 0 Å². The van der Waals surface area contributed by atoms with Crippen LogP contribution in [0.1, 0.15) is 30.5 Å². The summed E-state index contributed by atoms with van der Waals surface area (Å²) in [6.45, 7) is 2.94. The molecular weight excluding hydrogens is 361 g/mol. The minimum absolute atomic E-state index is 0.219. The molecule has 1 aromatic rings. The third-order valence-corrected chi connectivity index (χ3v) is 3.57. The van der Waals surface area contributed by atoms with Crippen LogP contribution in [-0.2, 0) is 18.3 Å². The van der Waals surface area contributed by atoms with Crippen LogP contribution in [0.15, 0.2) is 18.2 Å². The highest BCUT2D eigenvalue weighted by Gasteiger charge is 2.35. The first-order valence-corrected chi connectivity index (χ1v) is 7.09. The van der Waals surface area contributed by atoms with E-state index in [1.165, 1.54) is 32.0 Å². The molecule has 0 aliphatic heterocycles. The molecule has 1 rings (SSSR count). The van der Waals surface area contributed by atoms with E-state index in [9.17, 15) is 5.11 Å². The largest absolute Gasteiger partial charge is 0.225 e. The fourth-order valence-corrected chi connectivity index (χ4v) is 2.30. The first-order chi connectivity index (χ1) is 7.83. The van der Waals surface area contributed by atoms with Crippen LogP contribution in [0.25, 0.3) is 0 Å². The van der Waals surface area contributed by atoms with Crippen molar-refractivity contribution >= 4 is 69.6 Å². The normalized spacial score (nSPS) is 13.8. The summed E-state index contributed by atoms with van der Waals surface area (Å²) in [4.78, 5) is 0. The first kappa shape index (κ1) is 17.0. The van der Waals surface area contributed by atoms with Gasteiger partial charge in [0.1, 0.15) is 5.60 Å². The van der Waals surface area contributed by atoms with Gasteiger partial charge in [-0.25, -0.2) is 5.11 Å². The van der Waals surface area contributed by atoms with Crippen molar-refractivity contribution in [1.82, 2.24) is 0 Å². The van der Waals surface area contributed by atoms with Crippen molar-refractivity contribution in [3.05, 3.63) is 34.9 Å². The monoisotopic (exact) mass is 367 g/mol. The molecular formula is C11H9Cl6O. The predicted molar refractivity (Wildman–Crippen MR) is 78.6 cm³/mol. The average Bonchev–Trinajstić information content (AvgIpc) is 2.12. The number of alkyl halides is 6. The second kappa shape index (κ2) is 5.37. The van der Waals surface area contributed by atoms with E-state index in [0.29, 0.717) is 11.1 Å². The Balaban J connectivity index is 3.50. The van der Waals surface area contributed by atoms with Crippen LogP contribution in [-0.4, -0.2) is 0 Å². The van der Waals surface area contributed by atoms with Crippen molar-refractivity contribution in [1.29, 1.82) is 0 Å². The van der Waals surface area contributed by atoms with E-state index in [4.69, 9.17) is 69.6 Å². The van der Waals surface area contributed by atoms with Crippen molar-refractivity contribution in [2.45, 2.75) is 27.0 Å². The maximum Gasteiger partial charge on any atom is 0.216 e. The van der Waals surface area contributed by atoms with Crippen LogP contribution in [0.2, 0.25) is 0 Å². The third kappa shape index (κ3) is 4.21. The van der Waals surface area contributed by atoms with Gasteiger partial charge in [-0.2, -0.15) is 0 Å². The fourth-order valence-electron chi connectivity index (χ4n) is 1.48. The van der Waals surface area contributed by atoms with Crippen LogP contribution in [0.3, 0.4) is 0 Å². The van der Waals surface area contributed by atoms with Gasteiger partial charge in [0.2, 0.25) is 7.59 Å². The molecule has 101 valence electrons. The second-order valence-electron chi connectivity index (χ2n) is 4.27. The maximum absolute atomic E-state index is 12.1. The molecule has 0 aliphatic rings. The average molecular weight is 370 g/mol. The number of rotatable bonds is 1. The van der Waals surface area contributed by atoms with Crippen LogP contribution >= 0.6 is 69.6 Å². The number of hydrogen-bond donors (Lipinski definition) is 0. The van der Waals surface area contributed by atoms with Crippen molar-refractivity contribution in [3.63, 3.8) is 0 Å². The Morgan fingerprint density at radius 1 is 0.833 bits per heavy atom. The fraction of sp³-hybridized carbons (Fsp3) is 0.455. The van der Waals surface area contributed by atoms with Gasteiger partial charge in [0.25, 0.3) is 0 Å². The second-order valence-corrected chi connectivity index (χ2v) is 8.83. The standard InChI is InChI=1S/C11H9Cl6O/c1-9(2,18)7-4-3-6(10(12,13)14)5-8(7)11(15,16)17/h3-5H,1-2H3. The Hall–Kier alpha value is 0.920. The summed E-state index contributed by atoms with van der Waals surface area (Å²) in [6.07, 6.45) is 0. The number of halogens is 6. The van der Waals surface area contributed by atoms with E-state index in [1.807, 2.05) is 0 Å². The highest BCUT2D eigenvalue weighted by atomic mass is 35.6. The summed E-state index contributed by atoms with van der Waals surface area (Å²) in [5.74, 6) is 0. The summed E-state index contributed by atoms with van der Waals surface area (Å²) in [6, 6.07) is 4.47. The van der Waals surface area contributed by atoms with Gasteiger partial charge in [-0.05, 0) is 25.5 Å². The predicted octanol–water partition coefficient (Wildman–Crippen LogP) is 6.01. The summed E-state index contributed by atoms with van der Waals surface area (Å²) < 4.78 is -3.40. The van der Waals surface area contributed by atoms with E-state index < -0.39 is 13.2 Å². The zero-order valence-corrected chi connectivity index (χ0v) is 13.9. The molecule has 0 heterocycles. The van der Waals surface area contributed by atoms with Gasteiger partial charge in [0, 0.05) is 11.1 Å². The van der Waals surface area contributed by atoms with Gasteiger partial charge in [-0.15, -0.1) is 0 Å². The Morgan fingerprint density at radius 2 is 1.33 bits per heavy atom. The molecule has 0 saturated carbocycles. The topological polar surface area (TPSA) is 19.9 Å². The molecule has 0 fully saturated rings. The molecule has 1 nitrogen and oxygen atoms in total. The number of hydrogen-bond acceptors (Lipinski definition) is 0. The summed E-state index contributed by atoms with van der Waals surface area (Å²) in [5, 5.41) is 12.1. The Kier molecular flexibility index (Phi) is 5.06. The van der Waals surface area contributed by atoms with E-state index in [1.54, 1.807) is 0 Å². The SMILES string of the molecule is CC(C)([O])c1ccc(C(Cl)(Cl)Cl)cc1C(Cl)(Cl)Cl. The smallest absolute Gasteiger partial charge is 0.216 e. The van der Waals surface area contributed by atoms with Gasteiger partial charge >= 0.3 is 0 Å². The van der Waals surface area contributed by atoms with Gasteiger partial charge < -0.3 is 0 Å². The maximum atomic E-state index is 12.1. The molecule has 0 atom stereocenters. The van der Waals surface area contributed by atoms with Crippen LogP contribution in [0.4, 0.5) is 0 Å². The Morgan fingerprint density at radius 3 is 1.67 bits per heavy atom. The Bertz CT molecular complexity index is 438. The van der Waals surface area contributed by atoms with Crippen molar-refractivity contribution in [2.24, 2.45) is 0 Å². The lowest BCUT2D eigenvalue weighted by atomic mass is 9.92. The minimum atomic E-state index is -1.76. The van der Waals surface area contributed by atoms with Crippen molar-refractivity contribution < 1.29 is 5.11 Å². The van der Waals surface area contributed by atoms with Crippen molar-refractivity contribution in [2.75, 3.05) is 0 Å². The lowest BCUT2D eigenvalue weighted by Gasteiger charge is -2.25. The molecule has 0 bridgehead atoms. The third-order valence-electron chi connectivity index (χ3n) is 2.30. The molecule has 1 radical (unpaired) electrons. The molecule has 0 spiro atoms. The zero-order valence-electron chi connectivity index (χ0n) is 9.41. The molecule has 7 heteroatoms. The lowest BCUT2D eigenvalue weighted by Crippen LogP contribution is -2.20. The molecule has 1 aromatic carbocycles. The van der Waals surface area contributed by atoms with Gasteiger partial charge in [0.15, 0.2) is 0 Å². The molecule has 0 aliphatic carbocycles. The Labute approximate surface area is 136 Å². The van der Waals surface area contributed by atoms with E-state index in [-0.39, 0.29) is 5.56 Å². The molecule has 0 unspecified atom stereocenters. The van der Waals surface area contributed by atoms with Gasteiger partial charge in [-0.1, -0.05) is 81.7 Å². The molecule has 18 heavy (non-hydrogen) atoms. The summed E-state index contributed by atoms with van der Waals surface area (Å²) in [5.41, 5.74) is -0.524.